The lowest BCUT2D eigenvalue weighted by molar-refractivity contribution is 0.137. The van der Waals surface area contributed by atoms with Crippen LogP contribution in [0.3, 0.4) is 0 Å². The fourth-order valence-corrected chi connectivity index (χ4v) is 16.9. The first-order valence-electron chi connectivity index (χ1n) is 35.6. The molecule has 9 aliphatic carbocycles. The van der Waals surface area contributed by atoms with E-state index in [9.17, 15) is 0 Å². The van der Waals surface area contributed by atoms with E-state index >= 15 is 0 Å². The predicted molar refractivity (Wildman–Crippen MR) is 330 cm³/mol. The molecule has 0 bridgehead atoms. The molecule has 0 aromatic carbocycles. The first kappa shape index (κ1) is 65.5. The predicted octanol–water partition coefficient (Wildman–Crippen LogP) is 25.6. The van der Waals surface area contributed by atoms with Crippen molar-refractivity contribution in [2.75, 3.05) is 0 Å². The lowest BCUT2D eigenvalue weighted by atomic mass is 9.68. The first-order valence-corrected chi connectivity index (χ1v) is 35.6. The molecule has 2 unspecified atom stereocenters. The minimum Gasteiger partial charge on any atom is -0.0683 e. The van der Waals surface area contributed by atoms with Crippen molar-refractivity contribution in [3.8, 4) is 0 Å². The molecule has 9 saturated carbocycles. The molecule has 0 heterocycles. The minimum atomic E-state index is 0.981. The van der Waals surface area contributed by atoms with E-state index in [0.717, 1.165) is 88.8 Å². The summed E-state index contributed by atoms with van der Waals surface area (Å²) in [4.78, 5) is 0. The van der Waals surface area contributed by atoms with Gasteiger partial charge in [-0.15, -0.1) is 0 Å². The fourth-order valence-electron chi connectivity index (χ4n) is 16.9. The zero-order valence-electron chi connectivity index (χ0n) is 52.3. The van der Waals surface area contributed by atoms with Crippen LogP contribution in [0.25, 0.3) is 0 Å². The van der Waals surface area contributed by atoms with Crippen LogP contribution in [0.5, 0.6) is 0 Å². The molecule has 0 saturated heterocycles. The molecule has 2 atom stereocenters. The van der Waals surface area contributed by atoms with E-state index in [1.165, 1.54) is 205 Å². The van der Waals surface area contributed by atoms with Crippen molar-refractivity contribution in [1.82, 2.24) is 0 Å². The minimum absolute atomic E-state index is 0.981. The maximum atomic E-state index is 2.61. The van der Waals surface area contributed by atoms with Gasteiger partial charge in [0, 0.05) is 0 Å². The second kappa shape index (κ2) is 41.1. The second-order valence-electron chi connectivity index (χ2n) is 29.2. The van der Waals surface area contributed by atoms with Crippen LogP contribution in [0.4, 0.5) is 0 Å². The number of rotatable bonds is 4. The third kappa shape index (κ3) is 29.2. The Morgan fingerprint density at radius 1 is 0.137 bits per heavy atom. The van der Waals surface area contributed by atoms with Crippen LogP contribution >= 0.6 is 0 Å². The third-order valence-corrected chi connectivity index (χ3v) is 22.5. The first-order chi connectivity index (χ1) is 35.6. The van der Waals surface area contributed by atoms with Gasteiger partial charge in [-0.25, -0.2) is 0 Å². The molecule has 0 amide bonds. The standard InChI is InChI=1S/C27H50.2C13H24.2C9H18.C2H6/c1-21-9-4-13-24(14-5-10-21)26-17-8-18-27(20-23(3)19-26)25-15-6-11-22(2)12-7-16-25;2*1-11-5-2-7-12(8-3-6-11)13-9-4-10-13;2*1-9-7-5-3-2-4-6-8-9;1-2/h21-27H,4-20H2,1-3H3;2*11-13H,2-10H2,1H3;2*9H,2-8H2,1H3;1-2H3. The molecule has 0 heteroatoms. The summed E-state index contributed by atoms with van der Waals surface area (Å²) >= 11 is 0. The van der Waals surface area contributed by atoms with Crippen molar-refractivity contribution in [3.63, 3.8) is 0 Å². The topological polar surface area (TPSA) is 0 Å². The van der Waals surface area contributed by atoms with E-state index in [-0.39, 0.29) is 0 Å². The van der Waals surface area contributed by atoms with Gasteiger partial charge in [-0.2, -0.15) is 0 Å². The van der Waals surface area contributed by atoms with Gasteiger partial charge in [0.25, 0.3) is 0 Å². The molecule has 432 valence electrons. The highest BCUT2D eigenvalue weighted by atomic mass is 14.4. The van der Waals surface area contributed by atoms with Gasteiger partial charge < -0.3 is 0 Å². The highest BCUT2D eigenvalue weighted by molar-refractivity contribution is 4.84. The van der Waals surface area contributed by atoms with Crippen molar-refractivity contribution in [3.05, 3.63) is 0 Å². The van der Waals surface area contributed by atoms with Crippen molar-refractivity contribution >= 4 is 0 Å². The summed E-state index contributed by atoms with van der Waals surface area (Å²) in [5.41, 5.74) is 0. The molecule has 0 aromatic rings. The van der Waals surface area contributed by atoms with E-state index in [0.29, 0.717) is 0 Å². The van der Waals surface area contributed by atoms with Crippen molar-refractivity contribution in [2.45, 2.75) is 377 Å². The molecule has 9 fully saturated rings. The smallest absolute Gasteiger partial charge is 0.0383 e. The summed E-state index contributed by atoms with van der Waals surface area (Å²) in [5.74, 6) is 15.8. The Balaban J connectivity index is 0.000000212. The van der Waals surface area contributed by atoms with Crippen molar-refractivity contribution in [2.24, 2.45) is 88.8 Å². The highest BCUT2D eigenvalue weighted by Crippen LogP contribution is 2.44. The normalized spacial score (nSPS) is 35.7. The quantitative estimate of drug-likeness (QED) is 0.263. The summed E-state index contributed by atoms with van der Waals surface area (Å²) in [6, 6.07) is 0. The summed E-state index contributed by atoms with van der Waals surface area (Å²) < 4.78 is 0. The molecule has 0 nitrogen and oxygen atoms in total. The van der Waals surface area contributed by atoms with Crippen LogP contribution in [-0.4, -0.2) is 0 Å². The maximum absolute atomic E-state index is 2.61. The number of hydrogen-bond donors (Lipinski definition) is 0. The molecule has 0 N–H and O–H groups in total. The molecule has 0 spiro atoms. The van der Waals surface area contributed by atoms with Crippen LogP contribution in [0, 0.1) is 88.8 Å². The molecule has 0 aromatic heterocycles. The Bertz CT molecular complexity index is 1080. The lowest BCUT2D eigenvalue weighted by Crippen LogP contribution is -2.26. The van der Waals surface area contributed by atoms with E-state index in [4.69, 9.17) is 0 Å². The molecular formula is C73H140. The molecule has 9 aliphatic rings. The molecular weight excluding hydrogens is 877 g/mol. The van der Waals surface area contributed by atoms with Crippen LogP contribution in [0.15, 0.2) is 0 Å². The van der Waals surface area contributed by atoms with Crippen LogP contribution in [-0.2, 0) is 0 Å². The number of hydrogen-bond acceptors (Lipinski definition) is 0. The summed E-state index contributed by atoms with van der Waals surface area (Å²) in [5, 5.41) is 0. The van der Waals surface area contributed by atoms with E-state index in [2.05, 4.69) is 48.5 Å². The second-order valence-corrected chi connectivity index (χ2v) is 29.2. The largest absolute Gasteiger partial charge is 0.0683 e. The van der Waals surface area contributed by atoms with Crippen molar-refractivity contribution < 1.29 is 0 Å². The SMILES string of the molecule is CC.CC1CCCC(C2CCC2)CCC1.CC1CCCC(C2CCC2)CCC1.CC1CCCC(C2CCCC(C3CCCC(C)CCC3)CC(C)C2)CCC1.CC1CCCCCCC1.CC1CCCCCCC1. The Morgan fingerprint density at radius 2 is 0.274 bits per heavy atom. The fraction of sp³-hybridized carbons (Fsp3) is 1.00. The van der Waals surface area contributed by atoms with Gasteiger partial charge >= 0.3 is 0 Å². The molecule has 0 aliphatic heterocycles. The van der Waals surface area contributed by atoms with Gasteiger partial charge in [-0.05, 0) is 102 Å². The van der Waals surface area contributed by atoms with Crippen molar-refractivity contribution in [1.29, 1.82) is 0 Å². The Kier molecular flexibility index (Phi) is 36.9. The van der Waals surface area contributed by atoms with Gasteiger partial charge in [-0.3, -0.25) is 0 Å². The summed E-state index contributed by atoms with van der Waals surface area (Å²) in [6.45, 7) is 21.2. The molecule has 9 rings (SSSR count). The molecule has 73 heavy (non-hydrogen) atoms. The van der Waals surface area contributed by atoms with Gasteiger partial charge in [0.1, 0.15) is 0 Å². The Morgan fingerprint density at radius 3 is 0.479 bits per heavy atom. The average molecular weight is 1020 g/mol. The highest BCUT2D eigenvalue weighted by Gasteiger charge is 2.32. The van der Waals surface area contributed by atoms with Crippen LogP contribution < -0.4 is 0 Å². The van der Waals surface area contributed by atoms with E-state index < -0.39 is 0 Å². The summed E-state index contributed by atoms with van der Waals surface area (Å²) in [7, 11) is 0. The van der Waals surface area contributed by atoms with E-state index in [1.807, 2.05) is 13.8 Å². The zero-order valence-corrected chi connectivity index (χ0v) is 52.3. The van der Waals surface area contributed by atoms with Gasteiger partial charge in [-0.1, -0.05) is 364 Å². The summed E-state index contributed by atoms with van der Waals surface area (Å²) in [6.07, 6.45) is 74.4. The van der Waals surface area contributed by atoms with Crippen LogP contribution in [0.2, 0.25) is 0 Å². The van der Waals surface area contributed by atoms with Gasteiger partial charge in [0.2, 0.25) is 0 Å². The maximum Gasteiger partial charge on any atom is -0.0383 e. The third-order valence-electron chi connectivity index (χ3n) is 22.5. The lowest BCUT2D eigenvalue weighted by Gasteiger charge is -2.38. The monoisotopic (exact) mass is 1020 g/mol. The Hall–Kier alpha value is 0. The molecule has 0 radical (unpaired) electrons. The van der Waals surface area contributed by atoms with Gasteiger partial charge in [0.15, 0.2) is 0 Å². The Labute approximate surface area is 463 Å². The van der Waals surface area contributed by atoms with Gasteiger partial charge in [0.05, 0.1) is 0 Å². The zero-order chi connectivity index (χ0) is 52.3. The average Bonchev–Trinajstić information content (AvgIpc) is 3.29. The van der Waals surface area contributed by atoms with Crippen LogP contribution in [0.1, 0.15) is 377 Å². The van der Waals surface area contributed by atoms with E-state index in [1.54, 1.807) is 109 Å².